The van der Waals surface area contributed by atoms with Crippen LogP contribution in [0.1, 0.15) is 18.4 Å². The van der Waals surface area contributed by atoms with Crippen molar-refractivity contribution in [2.24, 2.45) is 7.05 Å². The summed E-state index contributed by atoms with van der Waals surface area (Å²) < 4.78 is 50.2. The van der Waals surface area contributed by atoms with E-state index in [4.69, 9.17) is 4.74 Å². The Morgan fingerprint density at radius 3 is 2.55 bits per heavy atom. The van der Waals surface area contributed by atoms with Gasteiger partial charge in [0.2, 0.25) is 10.0 Å². The molecule has 0 aliphatic heterocycles. The van der Waals surface area contributed by atoms with Crippen molar-refractivity contribution in [3.05, 3.63) is 88.6 Å². The maximum atomic E-state index is 14.7. The molecule has 1 fully saturated rings. The van der Waals surface area contributed by atoms with Crippen LogP contribution in [0.4, 0.5) is 21.6 Å². The number of hydrogen-bond acceptors (Lipinski definition) is 7. The zero-order valence-electron chi connectivity index (χ0n) is 21.7. The Bertz CT molecular complexity index is 1950. The number of methoxy groups -OCH3 is 1. The number of fused-ring (bicyclic) bond motifs is 1. The van der Waals surface area contributed by atoms with Gasteiger partial charge in [-0.1, -0.05) is 6.07 Å². The first-order valence-electron chi connectivity index (χ1n) is 12.2. The Labute approximate surface area is 241 Å². The third-order valence-corrected chi connectivity index (χ3v) is 9.64. The van der Waals surface area contributed by atoms with Gasteiger partial charge in [-0.05, 0) is 78.8 Å². The van der Waals surface area contributed by atoms with Crippen LogP contribution < -0.4 is 26.4 Å². The van der Waals surface area contributed by atoms with Gasteiger partial charge < -0.3 is 10.1 Å². The minimum absolute atomic E-state index is 0.00533. The van der Waals surface area contributed by atoms with E-state index < -0.39 is 37.9 Å². The molecule has 1 saturated carbocycles. The highest BCUT2D eigenvalue weighted by molar-refractivity contribution is 14.1. The zero-order chi connectivity index (χ0) is 28.9. The van der Waals surface area contributed by atoms with E-state index in [1.54, 1.807) is 24.3 Å². The Morgan fingerprint density at radius 1 is 1.18 bits per heavy atom. The van der Waals surface area contributed by atoms with Crippen LogP contribution in [0.25, 0.3) is 16.6 Å². The van der Waals surface area contributed by atoms with Crippen molar-refractivity contribution >= 4 is 60.7 Å². The lowest BCUT2D eigenvalue weighted by molar-refractivity contribution is 0.209. The van der Waals surface area contributed by atoms with Gasteiger partial charge in [0.1, 0.15) is 23.8 Å². The minimum Gasteiger partial charge on any atom is -0.363 e. The Kier molecular flexibility index (Phi) is 7.35. The van der Waals surface area contributed by atoms with E-state index in [2.05, 4.69) is 10.3 Å². The number of aryl methyl sites for hydroxylation is 1. The SMILES string of the molecule is COCN(c1cccc(-n2c(=O)[nH]c(=O)c3c(Nc4ccc(I)cc4F)n(C)c(=O)c(C)c32)c1)S(=O)(=O)C1CC1. The van der Waals surface area contributed by atoms with Gasteiger partial charge in [-0.25, -0.2) is 21.9 Å². The highest BCUT2D eigenvalue weighted by Gasteiger charge is 2.40. The van der Waals surface area contributed by atoms with E-state index >= 15 is 0 Å². The van der Waals surface area contributed by atoms with Crippen molar-refractivity contribution in [2.45, 2.75) is 25.0 Å². The summed E-state index contributed by atoms with van der Waals surface area (Å²) in [6.45, 7) is 1.24. The summed E-state index contributed by atoms with van der Waals surface area (Å²) in [5.41, 5.74) is -1.55. The first-order chi connectivity index (χ1) is 18.9. The molecular formula is C26H25FIN5O6S. The number of ether oxygens (including phenoxy) is 1. The van der Waals surface area contributed by atoms with Gasteiger partial charge in [0.25, 0.3) is 11.1 Å². The van der Waals surface area contributed by atoms with Crippen molar-refractivity contribution in [3.8, 4) is 5.69 Å². The molecule has 0 radical (unpaired) electrons. The van der Waals surface area contributed by atoms with E-state index in [0.29, 0.717) is 16.4 Å². The molecule has 2 aromatic carbocycles. The second kappa shape index (κ2) is 10.5. The fourth-order valence-electron chi connectivity index (χ4n) is 4.59. The van der Waals surface area contributed by atoms with Crippen LogP contribution in [0, 0.1) is 16.3 Å². The topological polar surface area (TPSA) is 135 Å². The lowest BCUT2D eigenvalue weighted by atomic mass is 10.1. The molecule has 14 heteroatoms. The van der Waals surface area contributed by atoms with Gasteiger partial charge in [-0.3, -0.25) is 23.7 Å². The molecule has 2 heterocycles. The second-order valence-electron chi connectivity index (χ2n) is 9.44. The van der Waals surface area contributed by atoms with Gasteiger partial charge in [-0.2, -0.15) is 0 Å². The van der Waals surface area contributed by atoms with Crippen molar-refractivity contribution in [1.82, 2.24) is 14.1 Å². The summed E-state index contributed by atoms with van der Waals surface area (Å²) in [6.07, 6.45) is 1.09. The van der Waals surface area contributed by atoms with Gasteiger partial charge in [0.05, 0.1) is 27.8 Å². The standard InChI is InChI=1S/C26H25FIN5O6S/c1-14-22-21(23(31(2)25(14)35)29-20-10-7-15(28)11-19(20)27)24(34)30-26(36)33(22)17-6-4-5-16(12-17)32(13-39-3)40(37,38)18-8-9-18/h4-7,10-12,18,29H,8-9,13H2,1-3H3,(H,30,34,36). The molecule has 0 atom stereocenters. The predicted molar refractivity (Wildman–Crippen MR) is 159 cm³/mol. The molecule has 0 saturated heterocycles. The number of nitrogens with one attached hydrogen (secondary N) is 2. The molecule has 2 aromatic heterocycles. The maximum absolute atomic E-state index is 14.7. The number of aromatic amines is 1. The van der Waals surface area contributed by atoms with Crippen LogP contribution in [0.5, 0.6) is 0 Å². The molecular weight excluding hydrogens is 656 g/mol. The molecule has 4 aromatic rings. The molecule has 2 N–H and O–H groups in total. The van der Waals surface area contributed by atoms with Crippen LogP contribution in [-0.2, 0) is 21.8 Å². The van der Waals surface area contributed by atoms with E-state index in [9.17, 15) is 27.2 Å². The molecule has 210 valence electrons. The van der Waals surface area contributed by atoms with Gasteiger partial charge in [0.15, 0.2) is 0 Å². The number of halogens is 2. The molecule has 0 spiro atoms. The Balaban J connectivity index is 1.77. The van der Waals surface area contributed by atoms with E-state index in [1.807, 2.05) is 22.6 Å². The summed E-state index contributed by atoms with van der Waals surface area (Å²) in [6, 6.07) is 10.6. The molecule has 0 amide bonds. The molecule has 0 unspecified atom stereocenters. The summed E-state index contributed by atoms with van der Waals surface area (Å²) >= 11 is 1.96. The summed E-state index contributed by atoms with van der Waals surface area (Å²) in [7, 11) is -0.895. The summed E-state index contributed by atoms with van der Waals surface area (Å²) in [5.74, 6) is -0.616. The number of aromatic nitrogens is 3. The normalized spacial score (nSPS) is 13.5. The predicted octanol–water partition coefficient (Wildman–Crippen LogP) is 3.08. The highest BCUT2D eigenvalue weighted by atomic mass is 127. The minimum atomic E-state index is -3.71. The van der Waals surface area contributed by atoms with Gasteiger partial charge in [0, 0.05) is 23.3 Å². The first-order valence-corrected chi connectivity index (χ1v) is 14.8. The van der Waals surface area contributed by atoms with Crippen molar-refractivity contribution in [2.75, 3.05) is 23.5 Å². The van der Waals surface area contributed by atoms with Crippen LogP contribution in [0.3, 0.4) is 0 Å². The van der Waals surface area contributed by atoms with Gasteiger partial charge >= 0.3 is 5.69 Å². The molecule has 1 aliphatic rings. The number of pyridine rings is 1. The van der Waals surface area contributed by atoms with Crippen molar-refractivity contribution < 1.29 is 17.5 Å². The Hall–Kier alpha value is -3.50. The van der Waals surface area contributed by atoms with Crippen LogP contribution in [0.15, 0.2) is 56.8 Å². The zero-order valence-corrected chi connectivity index (χ0v) is 24.7. The molecule has 11 nitrogen and oxygen atoms in total. The summed E-state index contributed by atoms with van der Waals surface area (Å²) in [4.78, 5) is 42.0. The van der Waals surface area contributed by atoms with Gasteiger partial charge in [-0.15, -0.1) is 0 Å². The monoisotopic (exact) mass is 681 g/mol. The number of rotatable bonds is 8. The third-order valence-electron chi connectivity index (χ3n) is 6.72. The Morgan fingerprint density at radius 2 is 1.90 bits per heavy atom. The average Bonchev–Trinajstić information content (AvgIpc) is 3.76. The van der Waals surface area contributed by atoms with Crippen molar-refractivity contribution in [3.63, 3.8) is 0 Å². The maximum Gasteiger partial charge on any atom is 0.333 e. The number of sulfonamides is 1. The fourth-order valence-corrected chi connectivity index (χ4v) is 6.79. The number of H-pyrrole nitrogens is 1. The van der Waals surface area contributed by atoms with Crippen LogP contribution in [-0.4, -0.2) is 41.6 Å². The van der Waals surface area contributed by atoms with E-state index in [0.717, 1.165) is 8.87 Å². The second-order valence-corrected chi connectivity index (χ2v) is 12.8. The van der Waals surface area contributed by atoms with Crippen molar-refractivity contribution in [1.29, 1.82) is 0 Å². The average molecular weight is 681 g/mol. The summed E-state index contributed by atoms with van der Waals surface area (Å²) in [5, 5.41) is 2.28. The first kappa shape index (κ1) is 28.0. The van der Waals surface area contributed by atoms with Crippen LogP contribution >= 0.6 is 22.6 Å². The molecule has 1 aliphatic carbocycles. The fraction of sp³-hybridized carbons (Fsp3) is 0.269. The van der Waals surface area contributed by atoms with E-state index in [1.165, 1.54) is 43.8 Å². The lowest BCUT2D eigenvalue weighted by Crippen LogP contribution is -2.36. The lowest BCUT2D eigenvalue weighted by Gasteiger charge is -2.24. The highest BCUT2D eigenvalue weighted by Crippen LogP contribution is 2.34. The number of benzene rings is 2. The molecule has 0 bridgehead atoms. The largest absolute Gasteiger partial charge is 0.363 e. The number of nitrogens with zero attached hydrogens (tertiary/aromatic N) is 3. The van der Waals surface area contributed by atoms with E-state index in [-0.39, 0.29) is 46.1 Å². The van der Waals surface area contributed by atoms with Crippen LogP contribution in [0.2, 0.25) is 0 Å². The number of hydrogen-bond donors (Lipinski definition) is 2. The smallest absolute Gasteiger partial charge is 0.333 e. The quantitative estimate of drug-likeness (QED) is 0.216. The number of anilines is 3. The molecule has 40 heavy (non-hydrogen) atoms. The third kappa shape index (κ3) is 4.83. The molecule has 5 rings (SSSR count).